The standard InChI is InChI=1S/C12H11N5O/c13-7-1-2-9(18)12-11(7)8(5-10(14)16-12)17-4-3-15-6-17/h1-6,18H,13H2,(H2,14,16). The molecule has 3 rings (SSSR count). The summed E-state index contributed by atoms with van der Waals surface area (Å²) in [5.74, 6) is 0.361. The number of phenolic OH excluding ortho intramolecular Hbond substituents is 1. The van der Waals surface area contributed by atoms with Crippen LogP contribution in [0, 0.1) is 0 Å². The molecule has 5 N–H and O–H groups in total. The highest BCUT2D eigenvalue weighted by Crippen LogP contribution is 2.33. The molecule has 2 heterocycles. The van der Waals surface area contributed by atoms with Crippen molar-refractivity contribution < 1.29 is 5.11 Å². The molecule has 0 spiro atoms. The smallest absolute Gasteiger partial charge is 0.142 e. The third-order valence-corrected chi connectivity index (χ3v) is 2.75. The molecular weight excluding hydrogens is 230 g/mol. The first kappa shape index (κ1) is 10.4. The lowest BCUT2D eigenvalue weighted by Gasteiger charge is -2.11. The van der Waals surface area contributed by atoms with Gasteiger partial charge in [-0.3, -0.25) is 0 Å². The van der Waals surface area contributed by atoms with Gasteiger partial charge in [0.25, 0.3) is 0 Å². The van der Waals surface area contributed by atoms with E-state index in [2.05, 4.69) is 9.97 Å². The number of phenols is 1. The first-order chi connectivity index (χ1) is 8.66. The van der Waals surface area contributed by atoms with Crippen molar-refractivity contribution >= 4 is 22.4 Å². The van der Waals surface area contributed by atoms with E-state index in [0.29, 0.717) is 22.4 Å². The number of fused-ring (bicyclic) bond motifs is 1. The predicted octanol–water partition coefficient (Wildman–Crippen LogP) is 1.29. The average molecular weight is 241 g/mol. The lowest BCUT2D eigenvalue weighted by Crippen LogP contribution is -2.00. The zero-order chi connectivity index (χ0) is 12.7. The van der Waals surface area contributed by atoms with Crippen LogP contribution in [0.4, 0.5) is 11.5 Å². The quantitative estimate of drug-likeness (QED) is 0.440. The van der Waals surface area contributed by atoms with Crippen LogP contribution in [0.15, 0.2) is 36.9 Å². The molecule has 0 aliphatic rings. The maximum atomic E-state index is 9.84. The van der Waals surface area contributed by atoms with Gasteiger partial charge in [-0.15, -0.1) is 0 Å². The molecule has 0 aliphatic carbocycles. The van der Waals surface area contributed by atoms with Gasteiger partial charge in [0.05, 0.1) is 17.4 Å². The number of aromatic hydroxyl groups is 1. The van der Waals surface area contributed by atoms with Gasteiger partial charge in [-0.2, -0.15) is 0 Å². The molecule has 0 fully saturated rings. The van der Waals surface area contributed by atoms with E-state index < -0.39 is 0 Å². The number of anilines is 2. The lowest BCUT2D eigenvalue weighted by atomic mass is 10.1. The lowest BCUT2D eigenvalue weighted by molar-refractivity contribution is 0.480. The maximum Gasteiger partial charge on any atom is 0.142 e. The van der Waals surface area contributed by atoms with Crippen LogP contribution in [0.2, 0.25) is 0 Å². The number of rotatable bonds is 1. The fraction of sp³-hybridized carbons (Fsp3) is 0. The van der Waals surface area contributed by atoms with Crippen molar-refractivity contribution in [2.24, 2.45) is 0 Å². The molecule has 0 unspecified atom stereocenters. The average Bonchev–Trinajstić information content (AvgIpc) is 2.86. The van der Waals surface area contributed by atoms with Crippen molar-refractivity contribution in [1.29, 1.82) is 0 Å². The molecule has 0 radical (unpaired) electrons. The zero-order valence-electron chi connectivity index (χ0n) is 9.41. The van der Waals surface area contributed by atoms with Crippen molar-refractivity contribution in [2.45, 2.75) is 0 Å². The molecule has 6 nitrogen and oxygen atoms in total. The number of imidazole rings is 1. The number of hydrogen-bond donors (Lipinski definition) is 3. The summed E-state index contributed by atoms with van der Waals surface area (Å²) >= 11 is 0. The summed E-state index contributed by atoms with van der Waals surface area (Å²) in [5.41, 5.74) is 13.4. The number of hydrogen-bond acceptors (Lipinski definition) is 5. The fourth-order valence-electron chi connectivity index (χ4n) is 1.96. The summed E-state index contributed by atoms with van der Waals surface area (Å²) in [7, 11) is 0. The van der Waals surface area contributed by atoms with E-state index >= 15 is 0 Å². The van der Waals surface area contributed by atoms with E-state index in [-0.39, 0.29) is 5.75 Å². The van der Waals surface area contributed by atoms with Gasteiger partial charge in [0.2, 0.25) is 0 Å². The van der Waals surface area contributed by atoms with E-state index in [1.807, 2.05) is 0 Å². The second-order valence-electron chi connectivity index (χ2n) is 3.93. The van der Waals surface area contributed by atoms with Crippen LogP contribution in [0.3, 0.4) is 0 Å². The molecule has 1 aromatic carbocycles. The highest BCUT2D eigenvalue weighted by Gasteiger charge is 2.12. The first-order valence-corrected chi connectivity index (χ1v) is 5.33. The van der Waals surface area contributed by atoms with Crippen molar-refractivity contribution in [3.05, 3.63) is 36.9 Å². The summed E-state index contributed by atoms with van der Waals surface area (Å²) < 4.78 is 1.77. The van der Waals surface area contributed by atoms with E-state index in [1.165, 1.54) is 6.07 Å². The summed E-state index contributed by atoms with van der Waals surface area (Å²) in [5, 5.41) is 10.5. The number of nitrogens with two attached hydrogens (primary N) is 2. The molecule has 0 saturated carbocycles. The predicted molar refractivity (Wildman–Crippen MR) is 69.4 cm³/mol. The monoisotopic (exact) mass is 241 g/mol. The van der Waals surface area contributed by atoms with Gasteiger partial charge in [-0.25, -0.2) is 9.97 Å². The minimum atomic E-state index is 0.0489. The Labute approximate surface area is 103 Å². The van der Waals surface area contributed by atoms with Crippen molar-refractivity contribution in [1.82, 2.24) is 14.5 Å². The van der Waals surface area contributed by atoms with E-state index in [4.69, 9.17) is 11.5 Å². The van der Waals surface area contributed by atoms with Gasteiger partial charge >= 0.3 is 0 Å². The van der Waals surface area contributed by atoms with E-state index in [0.717, 1.165) is 5.69 Å². The van der Waals surface area contributed by atoms with Crippen LogP contribution in [-0.2, 0) is 0 Å². The molecule has 0 saturated heterocycles. The Morgan fingerprint density at radius 2 is 2.06 bits per heavy atom. The SMILES string of the molecule is Nc1cc(-n2ccnc2)c2c(N)ccc(O)c2n1. The highest BCUT2D eigenvalue weighted by atomic mass is 16.3. The summed E-state index contributed by atoms with van der Waals surface area (Å²) in [6.45, 7) is 0. The number of pyridine rings is 1. The fourth-order valence-corrected chi connectivity index (χ4v) is 1.96. The second-order valence-corrected chi connectivity index (χ2v) is 3.93. The molecule has 0 bridgehead atoms. The molecule has 0 amide bonds. The maximum absolute atomic E-state index is 9.84. The second kappa shape index (κ2) is 3.63. The van der Waals surface area contributed by atoms with E-state index in [1.54, 1.807) is 35.4 Å². The van der Waals surface area contributed by atoms with Crippen LogP contribution in [0.25, 0.3) is 16.6 Å². The third kappa shape index (κ3) is 1.43. The van der Waals surface area contributed by atoms with Crippen LogP contribution in [0.5, 0.6) is 5.75 Å². The Bertz CT molecular complexity index is 721. The molecule has 6 heteroatoms. The zero-order valence-corrected chi connectivity index (χ0v) is 9.41. The van der Waals surface area contributed by atoms with Crippen molar-refractivity contribution in [2.75, 3.05) is 11.5 Å². The molecule has 2 aromatic heterocycles. The van der Waals surface area contributed by atoms with Crippen LogP contribution in [-0.4, -0.2) is 19.6 Å². The van der Waals surface area contributed by atoms with Gasteiger partial charge in [0.1, 0.15) is 17.1 Å². The number of benzene rings is 1. The normalized spacial score (nSPS) is 10.9. The largest absolute Gasteiger partial charge is 0.506 e. The summed E-state index contributed by atoms with van der Waals surface area (Å²) in [4.78, 5) is 8.11. The number of nitrogen functional groups attached to an aromatic ring is 2. The Hall–Kier alpha value is -2.76. The first-order valence-electron chi connectivity index (χ1n) is 5.33. The Morgan fingerprint density at radius 3 is 2.78 bits per heavy atom. The molecule has 18 heavy (non-hydrogen) atoms. The Balaban J connectivity index is 2.48. The van der Waals surface area contributed by atoms with Crippen LogP contribution in [0.1, 0.15) is 0 Å². The molecule has 0 aliphatic heterocycles. The summed E-state index contributed by atoms with van der Waals surface area (Å²) in [6.07, 6.45) is 5.07. The third-order valence-electron chi connectivity index (χ3n) is 2.75. The van der Waals surface area contributed by atoms with Gasteiger partial charge in [-0.05, 0) is 12.1 Å². The van der Waals surface area contributed by atoms with Crippen molar-refractivity contribution in [3.8, 4) is 11.4 Å². The molecule has 3 aromatic rings. The number of aromatic nitrogens is 3. The Kier molecular flexibility index (Phi) is 2.09. The molecule has 0 atom stereocenters. The number of nitrogens with zero attached hydrogens (tertiary/aromatic N) is 3. The highest BCUT2D eigenvalue weighted by molar-refractivity contribution is 6.01. The minimum Gasteiger partial charge on any atom is -0.506 e. The van der Waals surface area contributed by atoms with E-state index in [9.17, 15) is 5.11 Å². The molecular formula is C12H11N5O. The van der Waals surface area contributed by atoms with Gasteiger partial charge in [0.15, 0.2) is 0 Å². The van der Waals surface area contributed by atoms with Gasteiger partial charge in [-0.1, -0.05) is 0 Å². The Morgan fingerprint density at radius 1 is 1.22 bits per heavy atom. The topological polar surface area (TPSA) is 103 Å². The minimum absolute atomic E-state index is 0.0489. The van der Waals surface area contributed by atoms with Gasteiger partial charge < -0.3 is 21.1 Å². The van der Waals surface area contributed by atoms with Crippen LogP contribution < -0.4 is 11.5 Å². The van der Waals surface area contributed by atoms with Gasteiger partial charge in [0, 0.05) is 24.1 Å². The van der Waals surface area contributed by atoms with Crippen molar-refractivity contribution in [3.63, 3.8) is 0 Å². The van der Waals surface area contributed by atoms with Crippen LogP contribution >= 0.6 is 0 Å². The molecule has 90 valence electrons. The summed E-state index contributed by atoms with van der Waals surface area (Å²) in [6, 6.07) is 4.83.